The summed E-state index contributed by atoms with van der Waals surface area (Å²) in [4.78, 5) is 62.9. The second-order valence-electron chi connectivity index (χ2n) is 20.1. The number of aliphatic hydroxyl groups is 1. The normalized spacial score (nSPS) is 16.6. The minimum Gasteiger partial charge on any atom is -0.490 e. The summed E-state index contributed by atoms with van der Waals surface area (Å²) in [5.74, 6) is -1.11. The Balaban J connectivity index is 0.734. The Kier molecular flexibility index (Phi) is 18.2. The molecule has 0 radical (unpaired) electrons. The Bertz CT molecular complexity index is 3080. The van der Waals surface area contributed by atoms with E-state index >= 15 is 4.39 Å². The van der Waals surface area contributed by atoms with Crippen molar-refractivity contribution in [1.82, 2.24) is 30.3 Å². The van der Waals surface area contributed by atoms with Crippen LogP contribution in [-0.4, -0.2) is 112 Å². The monoisotopic (exact) mass is 1090 g/mol. The molecule has 0 aliphatic carbocycles. The number of nitrogens with one attached hydrogen (secondary N) is 3. The van der Waals surface area contributed by atoms with Gasteiger partial charge in [-0.2, -0.15) is 0 Å². The molecular formula is C56H64ClFN8O8S2. The molecule has 0 saturated carbocycles. The number of thiophene rings is 2. The van der Waals surface area contributed by atoms with Crippen LogP contribution in [0.15, 0.2) is 83.2 Å². The first-order chi connectivity index (χ1) is 36.4. The standard InChI is InChI=1S/C56H64ClFN8O8S2/c1-32-20-25-75-50(32)38-12-10-36(11-13-38)29-59-53(70)44-27-41(67)30-65(44)54(71)51(56(5,6)7)62-47(69)31-73-23-8-21-72-22-9-24-74-45-19-18-40(26-42(45)58)60-46(68)28-43-52-64-63-35(4)66(52)55-48(33(2)34(3)76-55)49(61-43)37-14-16-39(57)17-15-37/h10-20,25-26,41,43-44,51,67H,8-9,21-24,27-31H2,1-7H3,(H,59,70)(H,60,68)(H,62,69)/t41-,43+,44+,51-/m1/s1. The van der Waals surface area contributed by atoms with Gasteiger partial charge in [0.15, 0.2) is 17.4 Å². The maximum Gasteiger partial charge on any atom is 0.246 e. The van der Waals surface area contributed by atoms with Crippen molar-refractivity contribution in [2.24, 2.45) is 10.4 Å². The number of aryl methyl sites for hydroxylation is 3. The van der Waals surface area contributed by atoms with Crippen LogP contribution in [-0.2, 0) is 35.2 Å². The molecule has 0 bridgehead atoms. The summed E-state index contributed by atoms with van der Waals surface area (Å²) in [6.07, 6.45) is 0.0884. The van der Waals surface area contributed by atoms with E-state index < -0.39 is 47.3 Å². The number of hydrogen-bond acceptors (Lipinski definition) is 13. The number of carbonyl (C=O) groups is 4. The number of likely N-dealkylation sites (tertiary alicyclic amines) is 1. The highest BCUT2D eigenvalue weighted by atomic mass is 35.5. The summed E-state index contributed by atoms with van der Waals surface area (Å²) in [7, 11) is 0. The largest absolute Gasteiger partial charge is 0.490 e. The zero-order chi connectivity index (χ0) is 54.3. The predicted molar refractivity (Wildman–Crippen MR) is 293 cm³/mol. The van der Waals surface area contributed by atoms with Gasteiger partial charge in [0.1, 0.15) is 35.6 Å². The minimum absolute atomic E-state index is 0.0287. The molecule has 4 N–H and O–H groups in total. The van der Waals surface area contributed by atoms with Crippen LogP contribution in [0.4, 0.5) is 10.1 Å². The summed E-state index contributed by atoms with van der Waals surface area (Å²) in [6, 6.07) is 19.2. The molecule has 1 saturated heterocycles. The van der Waals surface area contributed by atoms with Crippen molar-refractivity contribution in [2.75, 3.05) is 44.9 Å². The fraction of sp³-hybridized carbons (Fsp3) is 0.411. The number of hydrogen-bond donors (Lipinski definition) is 4. The van der Waals surface area contributed by atoms with Crippen LogP contribution in [0.25, 0.3) is 15.4 Å². The number of ether oxygens (including phenoxy) is 3. The summed E-state index contributed by atoms with van der Waals surface area (Å²) < 4.78 is 34.2. The number of nitrogens with zero attached hydrogens (tertiary/aromatic N) is 5. The molecule has 4 amide bonds. The van der Waals surface area contributed by atoms with Gasteiger partial charge in [0.05, 0.1) is 24.8 Å². The maximum absolute atomic E-state index is 15.2. The first-order valence-electron chi connectivity index (χ1n) is 25.3. The van der Waals surface area contributed by atoms with Crippen LogP contribution in [0.1, 0.15) is 96.8 Å². The summed E-state index contributed by atoms with van der Waals surface area (Å²) in [6.45, 7) is 14.5. The number of aliphatic hydroxyl groups excluding tert-OH is 1. The third kappa shape index (κ3) is 13.4. The summed E-state index contributed by atoms with van der Waals surface area (Å²) >= 11 is 9.53. The number of aliphatic imine (C=N–C) groups is 1. The molecule has 2 aliphatic heterocycles. The van der Waals surface area contributed by atoms with Gasteiger partial charge in [-0.05, 0) is 97.5 Å². The van der Waals surface area contributed by atoms with Crippen LogP contribution in [0.3, 0.4) is 0 Å². The van der Waals surface area contributed by atoms with E-state index in [0.29, 0.717) is 42.7 Å². The lowest BCUT2D eigenvalue weighted by Gasteiger charge is -2.35. The molecule has 8 rings (SSSR count). The molecule has 0 spiro atoms. The summed E-state index contributed by atoms with van der Waals surface area (Å²) in [5.41, 5.74) is 6.35. The van der Waals surface area contributed by atoms with E-state index in [4.69, 9.17) is 30.8 Å². The second kappa shape index (κ2) is 24.8. The highest BCUT2D eigenvalue weighted by molar-refractivity contribution is 7.15. The lowest BCUT2D eigenvalue weighted by Crippen LogP contribution is -2.58. The second-order valence-corrected chi connectivity index (χ2v) is 22.7. The van der Waals surface area contributed by atoms with Crippen molar-refractivity contribution in [3.8, 4) is 21.2 Å². The van der Waals surface area contributed by atoms with Crippen molar-refractivity contribution < 1.29 is 42.9 Å². The predicted octanol–water partition coefficient (Wildman–Crippen LogP) is 9.01. The van der Waals surface area contributed by atoms with Gasteiger partial charge in [0.25, 0.3) is 0 Å². The number of anilines is 1. The SMILES string of the molecule is Cc1ccsc1-c1ccc(CNC(=O)[C@@H]2C[C@@H](O)CN2C(=O)[C@@H](NC(=O)COCCCOCCCOc2ccc(NC(=O)C[C@@H]3N=C(c4ccc(Cl)cc4)c4c(sc(C)c4C)-n4c(C)nnc43)cc2F)C(C)(C)C)cc1. The van der Waals surface area contributed by atoms with Gasteiger partial charge in [0.2, 0.25) is 23.6 Å². The number of halogens is 2. The van der Waals surface area contributed by atoms with Crippen LogP contribution in [0.5, 0.6) is 5.75 Å². The van der Waals surface area contributed by atoms with Gasteiger partial charge in [-0.1, -0.05) is 68.8 Å². The van der Waals surface area contributed by atoms with Gasteiger partial charge in [-0.15, -0.1) is 32.9 Å². The molecule has 2 aliphatic rings. The zero-order valence-electron chi connectivity index (χ0n) is 43.7. The van der Waals surface area contributed by atoms with E-state index in [2.05, 4.69) is 58.4 Å². The molecule has 76 heavy (non-hydrogen) atoms. The van der Waals surface area contributed by atoms with Crippen molar-refractivity contribution in [3.63, 3.8) is 0 Å². The van der Waals surface area contributed by atoms with Gasteiger partial charge in [-0.3, -0.25) is 28.7 Å². The third-order valence-corrected chi connectivity index (χ3v) is 15.8. The molecule has 1 fully saturated rings. The number of benzene rings is 3. The molecule has 4 atom stereocenters. The van der Waals surface area contributed by atoms with Crippen LogP contribution >= 0.6 is 34.3 Å². The molecular weight excluding hydrogens is 1030 g/mol. The van der Waals surface area contributed by atoms with E-state index in [-0.39, 0.29) is 69.0 Å². The van der Waals surface area contributed by atoms with Crippen molar-refractivity contribution >= 4 is 69.3 Å². The summed E-state index contributed by atoms with van der Waals surface area (Å²) in [5, 5.41) is 31.5. The molecule has 3 aromatic heterocycles. The van der Waals surface area contributed by atoms with E-state index in [1.54, 1.807) is 28.7 Å². The topological polar surface area (TPSA) is 199 Å². The lowest BCUT2D eigenvalue weighted by atomic mass is 9.85. The first-order valence-corrected chi connectivity index (χ1v) is 27.4. The van der Waals surface area contributed by atoms with Crippen molar-refractivity contribution in [1.29, 1.82) is 0 Å². The van der Waals surface area contributed by atoms with Gasteiger partial charge < -0.3 is 40.2 Å². The number of rotatable bonds is 21. The number of carbonyl (C=O) groups excluding carboxylic acids is 4. The lowest BCUT2D eigenvalue weighted by molar-refractivity contribution is -0.144. The van der Waals surface area contributed by atoms with E-state index in [0.717, 1.165) is 43.4 Å². The quantitative estimate of drug-likeness (QED) is 0.0505. The third-order valence-electron chi connectivity index (χ3n) is 13.3. The van der Waals surface area contributed by atoms with Crippen LogP contribution in [0, 0.1) is 38.9 Å². The molecule has 3 aromatic carbocycles. The Morgan fingerprint density at radius 1 is 0.895 bits per heavy atom. The first kappa shape index (κ1) is 55.9. The van der Waals surface area contributed by atoms with Gasteiger partial charge in [-0.25, -0.2) is 4.39 Å². The van der Waals surface area contributed by atoms with Gasteiger partial charge in [0, 0.05) is 83.4 Å². The Hall–Kier alpha value is -6.35. The molecule has 0 unspecified atom stereocenters. The average molecular weight is 1100 g/mol. The Labute approximate surface area is 455 Å². The fourth-order valence-electron chi connectivity index (χ4n) is 9.16. The number of amides is 4. The molecule has 20 heteroatoms. The molecule has 6 aromatic rings. The van der Waals surface area contributed by atoms with Crippen LogP contribution < -0.4 is 20.7 Å². The van der Waals surface area contributed by atoms with Crippen molar-refractivity contribution in [3.05, 3.63) is 133 Å². The maximum atomic E-state index is 15.2. The number of aromatic nitrogens is 3. The number of fused-ring (bicyclic) bond motifs is 3. The Morgan fingerprint density at radius 2 is 1.61 bits per heavy atom. The fourth-order valence-corrected chi connectivity index (χ4v) is 11.4. The highest BCUT2D eigenvalue weighted by Gasteiger charge is 2.44. The van der Waals surface area contributed by atoms with E-state index in [1.165, 1.54) is 27.5 Å². The van der Waals surface area contributed by atoms with Crippen molar-refractivity contribution in [2.45, 2.75) is 105 Å². The van der Waals surface area contributed by atoms with Crippen LogP contribution in [0.2, 0.25) is 5.02 Å². The average Bonchev–Trinajstić information content (AvgIpc) is 4.18. The van der Waals surface area contributed by atoms with Gasteiger partial charge >= 0.3 is 0 Å². The number of β-amino-alcohol motifs (C(OH)–C–C–N with tert-alkyl or cyclic N) is 1. The Morgan fingerprint density at radius 3 is 2.30 bits per heavy atom. The highest BCUT2D eigenvalue weighted by Crippen LogP contribution is 2.40. The zero-order valence-corrected chi connectivity index (χ0v) is 46.1. The van der Waals surface area contributed by atoms with E-state index in [9.17, 15) is 24.3 Å². The molecule has 5 heterocycles. The smallest absolute Gasteiger partial charge is 0.246 e. The molecule has 16 nitrogen and oxygen atoms in total. The minimum atomic E-state index is -0.983. The van der Waals surface area contributed by atoms with E-state index in [1.807, 2.05) is 80.8 Å². The molecule has 402 valence electrons.